The average molecular weight is 231 g/mol. The molecule has 0 bridgehead atoms. The molecule has 0 aromatic heterocycles. The summed E-state index contributed by atoms with van der Waals surface area (Å²) in [7, 11) is 0. The van der Waals surface area contributed by atoms with E-state index in [-0.39, 0.29) is 0 Å². The van der Waals surface area contributed by atoms with Crippen molar-refractivity contribution in [3.8, 4) is 0 Å². The summed E-state index contributed by atoms with van der Waals surface area (Å²) in [6.45, 7) is 7.13. The second-order valence-corrected chi connectivity index (χ2v) is 4.68. The van der Waals surface area contributed by atoms with Gasteiger partial charge in [0.15, 0.2) is 0 Å². The van der Waals surface area contributed by atoms with E-state index in [9.17, 15) is 0 Å². The first-order valence-electron chi connectivity index (χ1n) is 6.71. The summed E-state index contributed by atoms with van der Waals surface area (Å²) >= 11 is 0. The van der Waals surface area contributed by atoms with E-state index in [1.165, 1.54) is 24.8 Å². The molecule has 0 amide bonds. The minimum atomic E-state index is 0.566. The normalized spacial score (nSPS) is 12.3. The number of hydrogen-bond acceptors (Lipinski definition) is 1. The molecule has 0 spiro atoms. The topological polar surface area (TPSA) is 12.0 Å². The van der Waals surface area contributed by atoms with Gasteiger partial charge in [-0.3, -0.25) is 0 Å². The second-order valence-electron chi connectivity index (χ2n) is 4.68. The SMILES string of the molecule is C=CCCCCCNC(C)Cc1ccccc1. The molecule has 0 heterocycles. The standard InChI is InChI=1S/C16H25N/c1-3-4-5-6-10-13-17-15(2)14-16-11-8-7-9-12-16/h3,7-9,11-12,15,17H,1,4-6,10,13-14H2,2H3. The van der Waals surface area contributed by atoms with E-state index in [1.807, 2.05) is 6.08 Å². The third-order valence-electron chi connectivity index (χ3n) is 2.96. The highest BCUT2D eigenvalue weighted by Gasteiger charge is 2.01. The molecule has 1 N–H and O–H groups in total. The van der Waals surface area contributed by atoms with Crippen LogP contribution >= 0.6 is 0 Å². The van der Waals surface area contributed by atoms with Crippen LogP contribution in [0.5, 0.6) is 0 Å². The molecule has 1 rings (SSSR count). The van der Waals surface area contributed by atoms with E-state index in [4.69, 9.17) is 0 Å². The Labute approximate surface area is 106 Å². The number of nitrogens with one attached hydrogen (secondary N) is 1. The van der Waals surface area contributed by atoms with Crippen LogP contribution in [-0.4, -0.2) is 12.6 Å². The maximum Gasteiger partial charge on any atom is 0.00791 e. The third-order valence-corrected chi connectivity index (χ3v) is 2.96. The molecule has 1 aromatic rings. The van der Waals surface area contributed by atoms with Crippen LogP contribution in [0.25, 0.3) is 0 Å². The summed E-state index contributed by atoms with van der Waals surface area (Å²) in [5.74, 6) is 0. The van der Waals surface area contributed by atoms with Gasteiger partial charge in [0.05, 0.1) is 0 Å². The molecule has 0 aliphatic carbocycles. The Balaban J connectivity index is 2.05. The van der Waals surface area contributed by atoms with Crippen molar-refractivity contribution in [3.63, 3.8) is 0 Å². The molecular formula is C16H25N. The lowest BCUT2D eigenvalue weighted by molar-refractivity contribution is 0.520. The van der Waals surface area contributed by atoms with Crippen LogP contribution < -0.4 is 5.32 Å². The van der Waals surface area contributed by atoms with Crippen molar-refractivity contribution >= 4 is 0 Å². The number of benzene rings is 1. The summed E-state index contributed by atoms with van der Waals surface area (Å²) in [6, 6.07) is 11.2. The fraction of sp³-hybridized carbons (Fsp3) is 0.500. The zero-order valence-electron chi connectivity index (χ0n) is 11.0. The lowest BCUT2D eigenvalue weighted by Gasteiger charge is -2.13. The monoisotopic (exact) mass is 231 g/mol. The largest absolute Gasteiger partial charge is 0.314 e. The summed E-state index contributed by atoms with van der Waals surface area (Å²) in [5, 5.41) is 3.58. The summed E-state index contributed by atoms with van der Waals surface area (Å²) in [5.41, 5.74) is 1.42. The highest BCUT2D eigenvalue weighted by molar-refractivity contribution is 5.15. The Morgan fingerprint density at radius 3 is 2.65 bits per heavy atom. The lowest BCUT2D eigenvalue weighted by Crippen LogP contribution is -2.28. The number of unbranched alkanes of at least 4 members (excludes halogenated alkanes) is 3. The van der Waals surface area contributed by atoms with Gasteiger partial charge in [0.1, 0.15) is 0 Å². The van der Waals surface area contributed by atoms with Gasteiger partial charge in [-0.25, -0.2) is 0 Å². The van der Waals surface area contributed by atoms with Crippen molar-refractivity contribution in [1.29, 1.82) is 0 Å². The molecule has 1 heteroatoms. The van der Waals surface area contributed by atoms with Gasteiger partial charge in [-0.15, -0.1) is 6.58 Å². The molecule has 0 aliphatic rings. The summed E-state index contributed by atoms with van der Waals surface area (Å²) in [4.78, 5) is 0. The van der Waals surface area contributed by atoms with Crippen LogP contribution in [0.1, 0.15) is 38.2 Å². The van der Waals surface area contributed by atoms with Gasteiger partial charge in [0, 0.05) is 6.04 Å². The predicted octanol–water partition coefficient (Wildman–Crippen LogP) is 3.95. The van der Waals surface area contributed by atoms with Gasteiger partial charge in [0.2, 0.25) is 0 Å². The van der Waals surface area contributed by atoms with E-state index in [0.29, 0.717) is 6.04 Å². The highest BCUT2D eigenvalue weighted by atomic mass is 14.9. The number of hydrogen-bond donors (Lipinski definition) is 1. The Hall–Kier alpha value is -1.08. The van der Waals surface area contributed by atoms with Gasteiger partial charge in [-0.05, 0) is 44.7 Å². The Bertz CT molecular complexity index is 292. The van der Waals surface area contributed by atoms with Crippen LogP contribution in [0.15, 0.2) is 43.0 Å². The predicted molar refractivity (Wildman–Crippen MR) is 76.3 cm³/mol. The number of allylic oxidation sites excluding steroid dienone is 1. The quantitative estimate of drug-likeness (QED) is 0.501. The zero-order valence-corrected chi connectivity index (χ0v) is 11.0. The molecule has 1 atom stereocenters. The summed E-state index contributed by atoms with van der Waals surface area (Å²) < 4.78 is 0. The minimum absolute atomic E-state index is 0.566. The first-order chi connectivity index (χ1) is 8.33. The third kappa shape index (κ3) is 6.96. The molecule has 0 radical (unpaired) electrons. The van der Waals surface area contributed by atoms with E-state index >= 15 is 0 Å². The van der Waals surface area contributed by atoms with Crippen molar-refractivity contribution in [2.45, 2.75) is 45.1 Å². The van der Waals surface area contributed by atoms with Crippen LogP contribution in [0, 0.1) is 0 Å². The van der Waals surface area contributed by atoms with Crippen LogP contribution in [-0.2, 0) is 6.42 Å². The molecule has 1 unspecified atom stereocenters. The molecule has 94 valence electrons. The zero-order chi connectivity index (χ0) is 12.3. The maximum absolute atomic E-state index is 3.74. The Kier molecular flexibility index (Phi) is 7.40. The van der Waals surface area contributed by atoms with E-state index < -0.39 is 0 Å². The van der Waals surface area contributed by atoms with Crippen molar-refractivity contribution in [2.24, 2.45) is 0 Å². The minimum Gasteiger partial charge on any atom is -0.314 e. The van der Waals surface area contributed by atoms with Crippen molar-refractivity contribution in [1.82, 2.24) is 5.32 Å². The molecule has 0 aliphatic heterocycles. The van der Waals surface area contributed by atoms with Crippen LogP contribution in [0.2, 0.25) is 0 Å². The van der Waals surface area contributed by atoms with Gasteiger partial charge in [-0.2, -0.15) is 0 Å². The fourth-order valence-corrected chi connectivity index (χ4v) is 1.98. The van der Waals surface area contributed by atoms with E-state index in [0.717, 1.165) is 19.4 Å². The van der Waals surface area contributed by atoms with Crippen LogP contribution in [0.4, 0.5) is 0 Å². The van der Waals surface area contributed by atoms with Crippen molar-refractivity contribution in [2.75, 3.05) is 6.54 Å². The first-order valence-corrected chi connectivity index (χ1v) is 6.71. The molecular weight excluding hydrogens is 206 g/mol. The van der Waals surface area contributed by atoms with E-state index in [2.05, 4.69) is 49.2 Å². The van der Waals surface area contributed by atoms with Gasteiger partial charge in [0.25, 0.3) is 0 Å². The fourth-order valence-electron chi connectivity index (χ4n) is 1.98. The van der Waals surface area contributed by atoms with Crippen LogP contribution in [0.3, 0.4) is 0 Å². The molecule has 1 nitrogen and oxygen atoms in total. The highest BCUT2D eigenvalue weighted by Crippen LogP contribution is 2.03. The average Bonchev–Trinajstić information content (AvgIpc) is 2.35. The van der Waals surface area contributed by atoms with Gasteiger partial charge in [-0.1, -0.05) is 42.8 Å². The molecule has 1 aromatic carbocycles. The number of rotatable bonds is 9. The van der Waals surface area contributed by atoms with Crippen molar-refractivity contribution in [3.05, 3.63) is 48.6 Å². The lowest BCUT2D eigenvalue weighted by atomic mass is 10.1. The smallest absolute Gasteiger partial charge is 0.00791 e. The molecule has 0 saturated heterocycles. The van der Waals surface area contributed by atoms with Crippen molar-refractivity contribution < 1.29 is 0 Å². The maximum atomic E-state index is 3.74. The Morgan fingerprint density at radius 2 is 1.94 bits per heavy atom. The Morgan fingerprint density at radius 1 is 1.18 bits per heavy atom. The van der Waals surface area contributed by atoms with E-state index in [1.54, 1.807) is 0 Å². The molecule has 0 fully saturated rings. The van der Waals surface area contributed by atoms with Gasteiger partial charge >= 0.3 is 0 Å². The molecule has 17 heavy (non-hydrogen) atoms. The van der Waals surface area contributed by atoms with Gasteiger partial charge < -0.3 is 5.32 Å². The second kappa shape index (κ2) is 9.00. The summed E-state index contributed by atoms with van der Waals surface area (Å²) in [6.07, 6.45) is 8.13. The molecule has 0 saturated carbocycles. The first kappa shape index (κ1) is 14.0.